The minimum atomic E-state index is -3.69. The average molecular weight is 434 g/mol. The van der Waals surface area contributed by atoms with E-state index < -0.39 is 10.0 Å². The molecule has 1 aromatic heterocycles. The van der Waals surface area contributed by atoms with Crippen LogP contribution in [-0.2, 0) is 22.9 Å². The molecule has 0 fully saturated rings. The van der Waals surface area contributed by atoms with Crippen molar-refractivity contribution in [2.75, 3.05) is 4.72 Å². The van der Waals surface area contributed by atoms with Gasteiger partial charge in [0.1, 0.15) is 11.3 Å². The lowest BCUT2D eigenvalue weighted by molar-refractivity contribution is 0.210. The van der Waals surface area contributed by atoms with Crippen LogP contribution in [0.3, 0.4) is 0 Å². The molecule has 1 heterocycles. The molecule has 0 spiro atoms. The predicted molar refractivity (Wildman–Crippen MR) is 126 cm³/mol. The topological polar surface area (TPSA) is 59.3 Å². The SMILES string of the molecule is CC(C)(C)[C@H]1CCc2oc3ccc(NS(=O)(=O)c4ccc5ccccc5c4)cc3c2C1. The number of hydrogen-bond acceptors (Lipinski definition) is 3. The molecule has 0 unspecified atom stereocenters. The maximum absolute atomic E-state index is 13.1. The Morgan fingerprint density at radius 3 is 2.52 bits per heavy atom. The highest BCUT2D eigenvalue weighted by atomic mass is 32.2. The third-order valence-corrected chi connectivity index (χ3v) is 7.93. The summed E-state index contributed by atoms with van der Waals surface area (Å²) in [6.07, 6.45) is 3.02. The third kappa shape index (κ3) is 3.72. The largest absolute Gasteiger partial charge is 0.461 e. The highest BCUT2D eigenvalue weighted by Gasteiger charge is 2.31. The van der Waals surface area contributed by atoms with E-state index in [0.29, 0.717) is 11.6 Å². The molecule has 4 nitrogen and oxygen atoms in total. The first kappa shape index (κ1) is 20.1. The quantitative estimate of drug-likeness (QED) is 0.399. The zero-order valence-electron chi connectivity index (χ0n) is 18.1. The van der Waals surface area contributed by atoms with Gasteiger partial charge in [0.2, 0.25) is 0 Å². The molecule has 3 aromatic carbocycles. The molecule has 0 radical (unpaired) electrons. The maximum Gasteiger partial charge on any atom is 0.261 e. The van der Waals surface area contributed by atoms with Crippen LogP contribution in [0.1, 0.15) is 38.5 Å². The number of sulfonamides is 1. The van der Waals surface area contributed by atoms with Crippen molar-refractivity contribution in [2.45, 2.75) is 44.9 Å². The second kappa shape index (κ2) is 7.13. The van der Waals surface area contributed by atoms with Gasteiger partial charge in [0.25, 0.3) is 10.0 Å². The van der Waals surface area contributed by atoms with Gasteiger partial charge in [-0.05, 0) is 65.3 Å². The van der Waals surface area contributed by atoms with Crippen molar-refractivity contribution < 1.29 is 12.8 Å². The zero-order chi connectivity index (χ0) is 21.8. The van der Waals surface area contributed by atoms with E-state index in [1.165, 1.54) is 5.56 Å². The van der Waals surface area contributed by atoms with Crippen molar-refractivity contribution in [1.82, 2.24) is 0 Å². The van der Waals surface area contributed by atoms with Crippen molar-refractivity contribution in [1.29, 1.82) is 0 Å². The van der Waals surface area contributed by atoms with Crippen LogP contribution in [0.15, 0.2) is 70.0 Å². The molecule has 5 rings (SSSR count). The van der Waals surface area contributed by atoms with Gasteiger partial charge >= 0.3 is 0 Å². The second-order valence-electron chi connectivity index (χ2n) is 9.63. The Balaban J connectivity index is 1.49. The normalized spacial score (nSPS) is 17.1. The molecule has 1 aliphatic carbocycles. The van der Waals surface area contributed by atoms with Crippen LogP contribution in [0.4, 0.5) is 5.69 Å². The molecule has 160 valence electrons. The van der Waals surface area contributed by atoms with Gasteiger partial charge in [0.05, 0.1) is 4.90 Å². The average Bonchev–Trinajstić information content (AvgIpc) is 3.10. The van der Waals surface area contributed by atoms with E-state index in [9.17, 15) is 8.42 Å². The molecule has 5 heteroatoms. The standard InChI is InChI=1S/C26H27NO3S/c1-26(2,3)19-9-12-24-22(15-19)23-16-20(10-13-25(23)30-24)27-31(28,29)21-11-8-17-6-4-5-7-18(17)14-21/h4-8,10-11,13-14,16,19,27H,9,12,15H2,1-3H3/t19-/m0/s1. The summed E-state index contributed by atoms with van der Waals surface area (Å²) in [4.78, 5) is 0.258. The minimum absolute atomic E-state index is 0.233. The number of aryl methyl sites for hydroxylation is 1. The van der Waals surface area contributed by atoms with Crippen LogP contribution in [0.25, 0.3) is 21.7 Å². The Morgan fingerprint density at radius 2 is 1.74 bits per heavy atom. The number of furan rings is 1. The fraction of sp³-hybridized carbons (Fsp3) is 0.308. The van der Waals surface area contributed by atoms with Crippen LogP contribution < -0.4 is 4.72 Å². The van der Waals surface area contributed by atoms with Gasteiger partial charge in [-0.25, -0.2) is 8.42 Å². The summed E-state index contributed by atoms with van der Waals surface area (Å²) in [5.74, 6) is 1.63. The number of anilines is 1. The van der Waals surface area contributed by atoms with Gasteiger partial charge in [-0.3, -0.25) is 4.72 Å². The van der Waals surface area contributed by atoms with Gasteiger partial charge in [0, 0.05) is 23.1 Å². The van der Waals surface area contributed by atoms with E-state index >= 15 is 0 Å². The number of rotatable bonds is 3. The Labute approximate surface area is 183 Å². The van der Waals surface area contributed by atoms with Crippen molar-refractivity contribution in [3.63, 3.8) is 0 Å². The Hall–Kier alpha value is -2.79. The molecule has 0 saturated carbocycles. The zero-order valence-corrected chi connectivity index (χ0v) is 18.9. The summed E-state index contributed by atoms with van der Waals surface area (Å²) in [7, 11) is -3.69. The maximum atomic E-state index is 13.1. The van der Waals surface area contributed by atoms with E-state index in [-0.39, 0.29) is 10.3 Å². The van der Waals surface area contributed by atoms with Gasteiger partial charge in [0.15, 0.2) is 0 Å². The van der Waals surface area contributed by atoms with Gasteiger partial charge in [-0.2, -0.15) is 0 Å². The molecule has 31 heavy (non-hydrogen) atoms. The molecular weight excluding hydrogens is 406 g/mol. The Kier molecular flexibility index (Phi) is 4.63. The van der Waals surface area contributed by atoms with Gasteiger partial charge in [-0.1, -0.05) is 51.1 Å². The number of fused-ring (bicyclic) bond motifs is 4. The summed E-state index contributed by atoms with van der Waals surface area (Å²) in [6, 6.07) is 18.5. The number of hydrogen-bond donors (Lipinski definition) is 1. The van der Waals surface area contributed by atoms with E-state index in [0.717, 1.165) is 46.8 Å². The van der Waals surface area contributed by atoms with Crippen molar-refractivity contribution in [2.24, 2.45) is 11.3 Å². The fourth-order valence-corrected chi connectivity index (χ4v) is 5.71. The van der Waals surface area contributed by atoms with Crippen molar-refractivity contribution in [3.8, 4) is 0 Å². The van der Waals surface area contributed by atoms with Crippen LogP contribution in [-0.4, -0.2) is 8.42 Å². The number of nitrogens with one attached hydrogen (secondary N) is 1. The van der Waals surface area contributed by atoms with Crippen LogP contribution >= 0.6 is 0 Å². The van der Waals surface area contributed by atoms with Crippen LogP contribution in [0, 0.1) is 11.3 Å². The van der Waals surface area contributed by atoms with E-state index in [1.807, 2.05) is 42.5 Å². The lowest BCUT2D eigenvalue weighted by atomic mass is 9.71. The highest BCUT2D eigenvalue weighted by molar-refractivity contribution is 7.92. The van der Waals surface area contributed by atoms with Crippen LogP contribution in [0.2, 0.25) is 0 Å². The molecule has 1 atom stereocenters. The first-order chi connectivity index (χ1) is 14.7. The lowest BCUT2D eigenvalue weighted by Crippen LogP contribution is -2.26. The minimum Gasteiger partial charge on any atom is -0.461 e. The molecule has 0 bridgehead atoms. The summed E-state index contributed by atoms with van der Waals surface area (Å²) in [6.45, 7) is 6.86. The molecule has 1 N–H and O–H groups in total. The van der Waals surface area contributed by atoms with E-state index in [2.05, 4.69) is 25.5 Å². The van der Waals surface area contributed by atoms with Gasteiger partial charge < -0.3 is 4.42 Å². The highest BCUT2D eigenvalue weighted by Crippen LogP contribution is 2.41. The third-order valence-electron chi connectivity index (χ3n) is 6.55. The fourth-order valence-electron chi connectivity index (χ4n) is 4.63. The molecule has 0 amide bonds. The molecule has 4 aromatic rings. The molecular formula is C26H27NO3S. The first-order valence-electron chi connectivity index (χ1n) is 10.8. The Bertz CT molecular complexity index is 1390. The number of benzene rings is 3. The first-order valence-corrected chi connectivity index (χ1v) is 12.2. The van der Waals surface area contributed by atoms with Crippen LogP contribution in [0.5, 0.6) is 0 Å². The van der Waals surface area contributed by atoms with Crippen molar-refractivity contribution >= 4 is 37.5 Å². The molecule has 1 aliphatic rings. The molecule has 0 saturated heterocycles. The summed E-state index contributed by atoms with van der Waals surface area (Å²) >= 11 is 0. The van der Waals surface area contributed by atoms with Crippen molar-refractivity contribution in [3.05, 3.63) is 72.0 Å². The lowest BCUT2D eigenvalue weighted by Gasteiger charge is -2.33. The van der Waals surface area contributed by atoms with E-state index in [4.69, 9.17) is 4.42 Å². The summed E-state index contributed by atoms with van der Waals surface area (Å²) in [5, 5.41) is 2.93. The Morgan fingerprint density at radius 1 is 0.968 bits per heavy atom. The monoisotopic (exact) mass is 433 g/mol. The van der Waals surface area contributed by atoms with Gasteiger partial charge in [-0.15, -0.1) is 0 Å². The summed E-state index contributed by atoms with van der Waals surface area (Å²) < 4.78 is 35.0. The summed E-state index contributed by atoms with van der Waals surface area (Å²) in [5.41, 5.74) is 2.85. The molecule has 0 aliphatic heterocycles. The van der Waals surface area contributed by atoms with E-state index in [1.54, 1.807) is 18.2 Å². The smallest absolute Gasteiger partial charge is 0.261 e. The second-order valence-corrected chi connectivity index (χ2v) is 11.3. The predicted octanol–water partition coefficient (Wildman–Crippen LogP) is 6.54.